The minimum Gasteiger partial charge on any atom is -0.377 e. The monoisotopic (exact) mass is 378 g/mol. The molecule has 1 aliphatic carbocycles. The molecule has 1 aliphatic rings. The highest BCUT2D eigenvalue weighted by Gasteiger charge is 2.23. The van der Waals surface area contributed by atoms with E-state index >= 15 is 0 Å². The predicted molar refractivity (Wildman–Crippen MR) is 95.7 cm³/mol. The van der Waals surface area contributed by atoms with E-state index in [4.69, 9.17) is 4.74 Å². The van der Waals surface area contributed by atoms with E-state index in [1.807, 2.05) is 35.9 Å². The Kier molecular flexibility index (Phi) is 5.38. The molecule has 1 heterocycles. The van der Waals surface area contributed by atoms with E-state index < -0.39 is 15.9 Å². The van der Waals surface area contributed by atoms with E-state index in [1.54, 1.807) is 6.92 Å². The number of nitrogens with zero attached hydrogens (tertiary/aromatic N) is 3. The zero-order chi connectivity index (χ0) is 18.7. The first-order chi connectivity index (χ1) is 12.4. The smallest absolute Gasteiger partial charge is 0.287 e. The third kappa shape index (κ3) is 4.28. The van der Waals surface area contributed by atoms with Gasteiger partial charge in [-0.05, 0) is 50.8 Å². The maximum Gasteiger partial charge on any atom is 0.287 e. The molecule has 1 aromatic heterocycles. The predicted octanol–water partition coefficient (Wildman–Crippen LogP) is 1.51. The summed E-state index contributed by atoms with van der Waals surface area (Å²) in [5.74, 6) is -1.05. The Labute approximate surface area is 152 Å². The van der Waals surface area contributed by atoms with Gasteiger partial charge in [0.1, 0.15) is 0 Å². The van der Waals surface area contributed by atoms with Gasteiger partial charge in [-0.3, -0.25) is 4.79 Å². The lowest BCUT2D eigenvalue weighted by Crippen LogP contribution is -2.35. The van der Waals surface area contributed by atoms with Gasteiger partial charge in [-0.2, -0.15) is 0 Å². The zero-order valence-corrected chi connectivity index (χ0v) is 15.6. The Morgan fingerprint density at radius 2 is 2.12 bits per heavy atom. The SMILES string of the molecule is Cc1cccc(-n2nnc(C(=O)NS(=O)(=O)CCOC3CCC3)c2C)c1. The third-order valence-electron chi connectivity index (χ3n) is 4.36. The molecule has 0 atom stereocenters. The molecule has 1 N–H and O–H groups in total. The number of aryl methyl sites for hydroxylation is 1. The lowest BCUT2D eigenvalue weighted by molar-refractivity contribution is 0.0109. The van der Waals surface area contributed by atoms with Gasteiger partial charge in [0.05, 0.1) is 29.8 Å². The topological polar surface area (TPSA) is 103 Å². The second-order valence-corrected chi connectivity index (χ2v) is 8.29. The summed E-state index contributed by atoms with van der Waals surface area (Å²) >= 11 is 0. The Bertz CT molecular complexity index is 903. The van der Waals surface area contributed by atoms with Crippen molar-refractivity contribution in [3.63, 3.8) is 0 Å². The molecule has 0 aliphatic heterocycles. The largest absolute Gasteiger partial charge is 0.377 e. The first kappa shape index (κ1) is 18.5. The van der Waals surface area contributed by atoms with Crippen LogP contribution in [0.15, 0.2) is 24.3 Å². The molecule has 8 nitrogen and oxygen atoms in total. The normalized spacial score (nSPS) is 14.8. The van der Waals surface area contributed by atoms with Crippen LogP contribution in [0, 0.1) is 13.8 Å². The fourth-order valence-electron chi connectivity index (χ4n) is 2.65. The number of rotatable bonds is 7. The summed E-state index contributed by atoms with van der Waals surface area (Å²) in [4.78, 5) is 12.3. The summed E-state index contributed by atoms with van der Waals surface area (Å²) < 4.78 is 33.1. The number of hydrogen-bond acceptors (Lipinski definition) is 6. The number of sulfonamides is 1. The van der Waals surface area contributed by atoms with E-state index in [1.165, 1.54) is 4.68 Å². The van der Waals surface area contributed by atoms with Crippen molar-refractivity contribution in [3.8, 4) is 5.69 Å². The van der Waals surface area contributed by atoms with Gasteiger partial charge in [-0.25, -0.2) is 17.8 Å². The third-order valence-corrected chi connectivity index (χ3v) is 5.56. The lowest BCUT2D eigenvalue weighted by atomic mass is 9.96. The van der Waals surface area contributed by atoms with Crippen LogP contribution in [0.5, 0.6) is 0 Å². The van der Waals surface area contributed by atoms with E-state index in [-0.39, 0.29) is 24.2 Å². The molecule has 3 rings (SSSR count). The Hall–Kier alpha value is -2.26. The van der Waals surface area contributed by atoms with Gasteiger partial charge in [0, 0.05) is 0 Å². The Balaban J connectivity index is 1.66. The first-order valence-corrected chi connectivity index (χ1v) is 10.2. The molecular weight excluding hydrogens is 356 g/mol. The molecule has 1 saturated carbocycles. The van der Waals surface area contributed by atoms with Gasteiger partial charge >= 0.3 is 0 Å². The van der Waals surface area contributed by atoms with Crippen LogP contribution in [0.3, 0.4) is 0 Å². The molecule has 0 unspecified atom stereocenters. The zero-order valence-electron chi connectivity index (χ0n) is 14.8. The van der Waals surface area contributed by atoms with Crippen molar-refractivity contribution in [2.45, 2.75) is 39.2 Å². The van der Waals surface area contributed by atoms with Crippen LogP contribution < -0.4 is 4.72 Å². The van der Waals surface area contributed by atoms with Crippen LogP contribution in [-0.2, 0) is 14.8 Å². The van der Waals surface area contributed by atoms with E-state index in [0.29, 0.717) is 5.69 Å². The summed E-state index contributed by atoms with van der Waals surface area (Å²) in [5, 5.41) is 7.81. The van der Waals surface area contributed by atoms with Crippen molar-refractivity contribution in [2.24, 2.45) is 0 Å². The Morgan fingerprint density at radius 1 is 1.35 bits per heavy atom. The summed E-state index contributed by atoms with van der Waals surface area (Å²) in [6, 6.07) is 7.56. The number of nitrogens with one attached hydrogen (secondary N) is 1. The number of ether oxygens (including phenoxy) is 1. The van der Waals surface area contributed by atoms with Gasteiger partial charge in [0.25, 0.3) is 5.91 Å². The standard InChI is InChI=1S/C17H22N4O4S/c1-12-5-3-6-14(11-12)21-13(2)16(18-20-21)17(22)19-26(23,24)10-9-25-15-7-4-8-15/h3,5-6,11,15H,4,7-10H2,1-2H3,(H,19,22). The number of aromatic nitrogens is 3. The van der Waals surface area contributed by atoms with Gasteiger partial charge in [0.2, 0.25) is 10.0 Å². The molecule has 1 amide bonds. The Morgan fingerprint density at radius 3 is 2.77 bits per heavy atom. The molecule has 1 fully saturated rings. The molecule has 0 bridgehead atoms. The molecule has 2 aromatic rings. The highest BCUT2D eigenvalue weighted by molar-refractivity contribution is 7.90. The fraction of sp³-hybridized carbons (Fsp3) is 0.471. The summed E-state index contributed by atoms with van der Waals surface area (Å²) in [7, 11) is -3.79. The van der Waals surface area contributed by atoms with Gasteiger partial charge in [-0.15, -0.1) is 5.10 Å². The number of carbonyl (C=O) groups is 1. The number of carbonyl (C=O) groups excluding carboxylic acids is 1. The summed E-state index contributed by atoms with van der Waals surface area (Å²) in [5.41, 5.74) is 2.24. The van der Waals surface area contributed by atoms with Gasteiger partial charge in [-0.1, -0.05) is 17.3 Å². The molecule has 140 valence electrons. The van der Waals surface area contributed by atoms with E-state index in [0.717, 1.165) is 30.5 Å². The van der Waals surface area contributed by atoms with Crippen LogP contribution in [-0.4, -0.2) is 47.8 Å². The van der Waals surface area contributed by atoms with Crippen LogP contribution in [0.2, 0.25) is 0 Å². The van der Waals surface area contributed by atoms with E-state index in [2.05, 4.69) is 10.3 Å². The number of benzene rings is 1. The van der Waals surface area contributed by atoms with Crippen molar-refractivity contribution < 1.29 is 17.9 Å². The fourth-order valence-corrected chi connectivity index (χ4v) is 3.44. The average molecular weight is 378 g/mol. The maximum atomic E-state index is 12.3. The van der Waals surface area contributed by atoms with Crippen molar-refractivity contribution in [1.29, 1.82) is 0 Å². The minimum atomic E-state index is -3.79. The summed E-state index contributed by atoms with van der Waals surface area (Å²) in [6.07, 6.45) is 3.20. The molecule has 0 saturated heterocycles. The van der Waals surface area contributed by atoms with Crippen LogP contribution in [0.4, 0.5) is 0 Å². The van der Waals surface area contributed by atoms with E-state index in [9.17, 15) is 13.2 Å². The second-order valence-electron chi connectivity index (χ2n) is 6.45. The molecule has 0 spiro atoms. The molecular formula is C17H22N4O4S. The first-order valence-electron chi connectivity index (χ1n) is 8.51. The number of amides is 1. The quantitative estimate of drug-likeness (QED) is 0.783. The highest BCUT2D eigenvalue weighted by atomic mass is 32.2. The summed E-state index contributed by atoms with van der Waals surface area (Å²) in [6.45, 7) is 3.69. The number of hydrogen-bond donors (Lipinski definition) is 1. The van der Waals surface area contributed by atoms with Crippen LogP contribution in [0.1, 0.15) is 41.0 Å². The highest BCUT2D eigenvalue weighted by Crippen LogP contribution is 2.21. The van der Waals surface area contributed by atoms with Crippen molar-refractivity contribution >= 4 is 15.9 Å². The molecule has 9 heteroatoms. The van der Waals surface area contributed by atoms with Gasteiger partial charge in [0.15, 0.2) is 5.69 Å². The molecule has 26 heavy (non-hydrogen) atoms. The van der Waals surface area contributed by atoms with Crippen molar-refractivity contribution in [1.82, 2.24) is 19.7 Å². The minimum absolute atomic E-state index is 0.0185. The van der Waals surface area contributed by atoms with Crippen LogP contribution >= 0.6 is 0 Å². The lowest BCUT2D eigenvalue weighted by Gasteiger charge is -2.25. The van der Waals surface area contributed by atoms with Crippen molar-refractivity contribution in [2.75, 3.05) is 12.4 Å². The molecule has 0 radical (unpaired) electrons. The maximum absolute atomic E-state index is 12.3. The van der Waals surface area contributed by atoms with Crippen LogP contribution in [0.25, 0.3) is 5.69 Å². The second kappa shape index (κ2) is 7.55. The van der Waals surface area contributed by atoms with Gasteiger partial charge < -0.3 is 4.74 Å². The van der Waals surface area contributed by atoms with Crippen molar-refractivity contribution in [3.05, 3.63) is 41.2 Å². The average Bonchev–Trinajstić information content (AvgIpc) is 2.91. The molecule has 1 aromatic carbocycles.